The van der Waals surface area contributed by atoms with Crippen molar-refractivity contribution in [3.05, 3.63) is 60.2 Å². The van der Waals surface area contributed by atoms with Crippen molar-refractivity contribution < 1.29 is 36.5 Å². The topological polar surface area (TPSA) is 123 Å². The number of Topliss-reactive ketones (excluding diaryl/α,β-unsaturated/α-hetero) is 1. The monoisotopic (exact) mass is 486 g/mol. The summed E-state index contributed by atoms with van der Waals surface area (Å²) in [5.41, 5.74) is -0.280. The Hall–Kier alpha value is -1.77. The molecule has 0 saturated carbocycles. The fraction of sp³-hybridized carbons (Fsp3) is 0.450. The number of aromatic nitrogens is 2. The van der Waals surface area contributed by atoms with Gasteiger partial charge in [0.1, 0.15) is 5.69 Å². The predicted octanol–water partition coefficient (Wildman–Crippen LogP) is 4.98. The van der Waals surface area contributed by atoms with E-state index in [1.807, 2.05) is 0 Å². The van der Waals surface area contributed by atoms with E-state index in [0.29, 0.717) is 0 Å². The molecule has 12 heteroatoms. The van der Waals surface area contributed by atoms with E-state index in [-0.39, 0.29) is 37.8 Å². The zero-order valence-corrected chi connectivity index (χ0v) is 20.3. The fourth-order valence-electron chi connectivity index (χ4n) is 2.88. The first-order valence-electron chi connectivity index (χ1n) is 10.2. The zero-order valence-electron chi connectivity index (χ0n) is 18.5. The summed E-state index contributed by atoms with van der Waals surface area (Å²) in [6.45, 7) is 5.96. The van der Waals surface area contributed by atoms with Crippen LogP contribution in [0.15, 0.2) is 48.8 Å². The fourth-order valence-corrected chi connectivity index (χ4v) is 6.79. The van der Waals surface area contributed by atoms with Crippen LogP contribution in [0.25, 0.3) is 0 Å². The van der Waals surface area contributed by atoms with Gasteiger partial charge in [0.05, 0.1) is 32.1 Å². The van der Waals surface area contributed by atoms with Crippen LogP contribution in [0.4, 0.5) is 0 Å². The Morgan fingerprint density at radius 3 is 1.78 bits per heavy atom. The molecule has 0 spiro atoms. The van der Waals surface area contributed by atoms with Crippen molar-refractivity contribution in [2.45, 2.75) is 33.0 Å². The summed E-state index contributed by atoms with van der Waals surface area (Å²) in [4.78, 5) is 22.2. The summed E-state index contributed by atoms with van der Waals surface area (Å²) in [5, 5.41) is -2.62. The minimum Gasteiger partial charge on any atom is -0.306 e. The van der Waals surface area contributed by atoms with Crippen LogP contribution in [0.1, 0.15) is 43.9 Å². The molecule has 0 aromatic carbocycles. The lowest BCUT2D eigenvalue weighted by molar-refractivity contribution is 0.0266. The number of rotatable bonds is 14. The van der Waals surface area contributed by atoms with E-state index in [1.54, 1.807) is 52.0 Å². The van der Waals surface area contributed by atoms with E-state index in [2.05, 4.69) is 9.97 Å². The molecule has 0 N–H and O–H groups in total. The Morgan fingerprint density at radius 1 is 0.812 bits per heavy atom. The molecule has 32 heavy (non-hydrogen) atoms. The number of hydrogen-bond acceptors (Lipinski definition) is 10. The number of carbonyl (C=O) groups is 1. The zero-order chi connectivity index (χ0) is 23.7. The molecule has 0 aliphatic rings. The molecule has 10 nitrogen and oxygen atoms in total. The van der Waals surface area contributed by atoms with Gasteiger partial charge in [0.15, 0.2) is 0 Å². The number of hydrogen-bond donors (Lipinski definition) is 0. The maximum Gasteiger partial charge on any atom is 0.476 e. The Bertz CT molecular complexity index is 941. The van der Waals surface area contributed by atoms with Crippen LogP contribution in [0, 0.1) is 0 Å². The highest BCUT2D eigenvalue weighted by Gasteiger charge is 2.65. The molecular weight excluding hydrogens is 458 g/mol. The lowest BCUT2D eigenvalue weighted by Gasteiger charge is -2.37. The van der Waals surface area contributed by atoms with E-state index in [0.717, 1.165) is 0 Å². The minimum absolute atomic E-state index is 0.0685. The second-order valence-corrected chi connectivity index (χ2v) is 9.84. The average Bonchev–Trinajstić information content (AvgIpc) is 2.79. The van der Waals surface area contributed by atoms with Crippen molar-refractivity contribution in [2.75, 3.05) is 26.4 Å². The van der Waals surface area contributed by atoms with Gasteiger partial charge < -0.3 is 9.05 Å². The number of ketones is 1. The van der Waals surface area contributed by atoms with Gasteiger partial charge in [0.2, 0.25) is 5.78 Å². The molecule has 0 aliphatic carbocycles. The molecule has 0 fully saturated rings. The normalized spacial score (nSPS) is 14.1. The van der Waals surface area contributed by atoms with Gasteiger partial charge in [0.25, 0.3) is 5.34 Å². The van der Waals surface area contributed by atoms with Crippen LogP contribution in [0.3, 0.4) is 0 Å². The number of carbonyl (C=O) groups excluding carboxylic acids is 1. The molecule has 0 saturated heterocycles. The molecule has 2 rings (SSSR count). The lowest BCUT2D eigenvalue weighted by Crippen LogP contribution is -2.41. The summed E-state index contributed by atoms with van der Waals surface area (Å²) in [6, 6.07) is 9.12. The van der Waals surface area contributed by atoms with E-state index in [4.69, 9.17) is 22.6 Å². The third kappa shape index (κ3) is 5.58. The van der Waals surface area contributed by atoms with Crippen molar-refractivity contribution >= 4 is 21.2 Å². The van der Waals surface area contributed by atoms with Gasteiger partial charge in [-0.1, -0.05) is 12.1 Å². The van der Waals surface area contributed by atoms with Crippen LogP contribution in [-0.2, 0) is 37.1 Å². The molecular formula is C20H28N2O8P2. The van der Waals surface area contributed by atoms with Crippen molar-refractivity contribution in [3.8, 4) is 0 Å². The van der Waals surface area contributed by atoms with Crippen LogP contribution >= 0.6 is 15.4 Å². The third-order valence-electron chi connectivity index (χ3n) is 4.02. The molecule has 1 unspecified atom stereocenters. The van der Waals surface area contributed by atoms with Crippen molar-refractivity contribution in [1.82, 2.24) is 9.97 Å². The number of phosphoric acid groups is 1. The summed E-state index contributed by atoms with van der Waals surface area (Å²) in [5.74, 6) is -0.929. The highest BCUT2D eigenvalue weighted by molar-refractivity contribution is 7.57. The van der Waals surface area contributed by atoms with Gasteiger partial charge in [-0.05, 0) is 52.0 Å². The van der Waals surface area contributed by atoms with Crippen molar-refractivity contribution in [2.24, 2.45) is 0 Å². The molecule has 2 aromatic heterocycles. The molecule has 2 aromatic rings. The van der Waals surface area contributed by atoms with Gasteiger partial charge in [-0.25, -0.2) is 4.57 Å². The van der Waals surface area contributed by atoms with E-state index < -0.39 is 26.5 Å². The first kappa shape index (κ1) is 26.5. The first-order valence-corrected chi connectivity index (χ1v) is 13.2. The number of pyridine rings is 2. The lowest BCUT2D eigenvalue weighted by atomic mass is 10.1. The summed E-state index contributed by atoms with van der Waals surface area (Å²) in [7, 11) is -9.00. The second-order valence-electron chi connectivity index (χ2n) is 6.11. The van der Waals surface area contributed by atoms with Crippen molar-refractivity contribution in [3.63, 3.8) is 0 Å². The molecule has 0 bridgehead atoms. The average molecular weight is 486 g/mol. The predicted molar refractivity (Wildman–Crippen MR) is 117 cm³/mol. The maximum atomic E-state index is 14.2. The largest absolute Gasteiger partial charge is 0.476 e. The molecule has 176 valence electrons. The standard InChI is InChI=1S/C20H28N2O8P2/c1-5-26-31(24,27-6-2)20(18-14-10-12-16-22-18,19(23)17-13-9-11-15-21-17)30-32(25,28-7-3)29-8-4/h9-16H,5-8H2,1-4H3. The van der Waals surface area contributed by atoms with Crippen molar-refractivity contribution in [1.29, 1.82) is 0 Å². The van der Waals surface area contributed by atoms with Crippen LogP contribution in [-0.4, -0.2) is 42.2 Å². The third-order valence-corrected chi connectivity index (χ3v) is 8.30. The molecule has 0 amide bonds. The number of phosphoric ester groups is 1. The Labute approximate surface area is 187 Å². The van der Waals surface area contributed by atoms with Crippen LogP contribution in [0.2, 0.25) is 0 Å². The van der Waals surface area contributed by atoms with Crippen LogP contribution < -0.4 is 0 Å². The first-order chi connectivity index (χ1) is 15.3. The SMILES string of the molecule is CCOP(=O)(OCC)OC(C(=O)c1ccccn1)(c1ccccn1)P(=O)(OCC)OCC. The van der Waals surface area contributed by atoms with E-state index in [1.165, 1.54) is 24.5 Å². The number of nitrogens with zero attached hydrogens (tertiary/aromatic N) is 2. The molecule has 0 radical (unpaired) electrons. The Morgan fingerprint density at radius 2 is 1.34 bits per heavy atom. The highest BCUT2D eigenvalue weighted by atomic mass is 31.2. The van der Waals surface area contributed by atoms with E-state index in [9.17, 15) is 13.9 Å². The summed E-state index contributed by atoms with van der Waals surface area (Å²) in [6.07, 6.45) is 2.75. The maximum absolute atomic E-state index is 14.2. The van der Waals surface area contributed by atoms with Gasteiger partial charge in [-0.2, -0.15) is 0 Å². The minimum atomic E-state index is -4.55. The van der Waals surface area contributed by atoms with E-state index >= 15 is 0 Å². The highest BCUT2D eigenvalue weighted by Crippen LogP contribution is 2.71. The second kappa shape index (κ2) is 11.9. The quantitative estimate of drug-likeness (QED) is 0.267. The van der Waals surface area contributed by atoms with Crippen LogP contribution in [0.5, 0.6) is 0 Å². The molecule has 2 heterocycles. The smallest absolute Gasteiger partial charge is 0.306 e. The molecule has 0 aliphatic heterocycles. The van der Waals surface area contributed by atoms with Gasteiger partial charge in [0, 0.05) is 12.4 Å². The summed E-state index contributed by atoms with van der Waals surface area (Å²) < 4.78 is 55.1. The van der Waals surface area contributed by atoms with Gasteiger partial charge >= 0.3 is 15.4 Å². The Kier molecular flexibility index (Phi) is 9.85. The summed E-state index contributed by atoms with van der Waals surface area (Å²) >= 11 is 0. The Balaban J connectivity index is 2.91. The van der Waals surface area contributed by atoms with Gasteiger partial charge in [-0.15, -0.1) is 0 Å². The van der Waals surface area contributed by atoms with Gasteiger partial charge in [-0.3, -0.25) is 32.9 Å². The molecule has 1 atom stereocenters.